The molecule has 0 saturated carbocycles. The summed E-state index contributed by atoms with van der Waals surface area (Å²) in [5, 5.41) is 17.6. The van der Waals surface area contributed by atoms with Crippen molar-refractivity contribution in [3.8, 4) is 0 Å². The van der Waals surface area contributed by atoms with E-state index in [2.05, 4.69) is 43.5 Å². The number of carbonyl (C=O) groups excluding carboxylic acids is 4. The number of hydrogen-bond donors (Lipinski definition) is 9. The number of carboxylic acid groups (broad SMARTS) is 1. The molecule has 0 aromatic carbocycles. The van der Waals surface area contributed by atoms with Gasteiger partial charge in [-0.1, -0.05) is 13.8 Å². The lowest BCUT2D eigenvalue weighted by atomic mass is 10.0. The topological polar surface area (TPSA) is 264 Å². The highest BCUT2D eigenvalue weighted by Gasteiger charge is 2.39. The first-order valence-electron chi connectivity index (χ1n) is 14.2. The smallest absolute Gasteiger partial charge is 0.326 e. The molecule has 5 atom stereocenters. The molecule has 240 valence electrons. The highest BCUT2D eigenvalue weighted by molar-refractivity contribution is 7.80. The number of imidazole rings is 1. The maximum Gasteiger partial charge on any atom is 0.326 e. The number of likely N-dealkylation sites (tertiary alicyclic amines) is 1. The molecular formula is C26H44N10O6S. The van der Waals surface area contributed by atoms with Crippen LogP contribution >= 0.6 is 12.6 Å². The maximum absolute atomic E-state index is 13.6. The molecule has 1 fully saturated rings. The first kappa shape index (κ1) is 35.3. The number of aliphatic carboxylic acids is 1. The average molecular weight is 625 g/mol. The predicted molar refractivity (Wildman–Crippen MR) is 162 cm³/mol. The third kappa shape index (κ3) is 11.4. The largest absolute Gasteiger partial charge is 0.480 e. The number of guanidine groups is 1. The zero-order valence-corrected chi connectivity index (χ0v) is 25.4. The van der Waals surface area contributed by atoms with Crippen LogP contribution in [0.3, 0.4) is 0 Å². The molecule has 17 heteroatoms. The molecule has 0 radical (unpaired) electrons. The van der Waals surface area contributed by atoms with Crippen LogP contribution in [0.15, 0.2) is 17.5 Å². The van der Waals surface area contributed by atoms with E-state index in [1.54, 1.807) is 0 Å². The van der Waals surface area contributed by atoms with Gasteiger partial charge in [0.25, 0.3) is 0 Å². The van der Waals surface area contributed by atoms with Crippen LogP contribution < -0.4 is 33.2 Å². The molecule has 4 amide bonds. The Kier molecular flexibility index (Phi) is 14.2. The predicted octanol–water partition coefficient (Wildman–Crippen LogP) is -2.16. The van der Waals surface area contributed by atoms with Crippen LogP contribution in [-0.2, 0) is 30.4 Å². The quantitative estimate of drug-likeness (QED) is 0.0392. The van der Waals surface area contributed by atoms with E-state index in [9.17, 15) is 29.1 Å². The second kappa shape index (κ2) is 17.3. The Morgan fingerprint density at radius 1 is 1.12 bits per heavy atom. The molecule has 1 aromatic heterocycles. The summed E-state index contributed by atoms with van der Waals surface area (Å²) in [6.45, 7) is 4.18. The second-order valence-electron chi connectivity index (χ2n) is 10.9. The van der Waals surface area contributed by atoms with Crippen molar-refractivity contribution in [2.45, 2.75) is 82.6 Å². The lowest BCUT2D eigenvalue weighted by Crippen LogP contribution is -2.59. The minimum absolute atomic E-state index is 0.0286. The summed E-state index contributed by atoms with van der Waals surface area (Å²) < 4.78 is 0. The van der Waals surface area contributed by atoms with E-state index in [0.717, 1.165) is 0 Å². The number of amides is 4. The van der Waals surface area contributed by atoms with E-state index in [1.807, 2.05) is 13.8 Å². The lowest BCUT2D eigenvalue weighted by molar-refractivity contribution is -0.149. The van der Waals surface area contributed by atoms with Crippen molar-refractivity contribution in [3.63, 3.8) is 0 Å². The minimum atomic E-state index is -1.12. The summed E-state index contributed by atoms with van der Waals surface area (Å²) in [6, 6.07) is -5.21. The number of aromatic nitrogens is 2. The van der Waals surface area contributed by atoms with Gasteiger partial charge in [0.15, 0.2) is 5.96 Å². The first-order valence-corrected chi connectivity index (χ1v) is 14.8. The fourth-order valence-corrected chi connectivity index (χ4v) is 4.85. The summed E-state index contributed by atoms with van der Waals surface area (Å²) in [5.41, 5.74) is 17.1. The number of nitrogens with one attached hydrogen (secondary N) is 4. The lowest BCUT2D eigenvalue weighted by Gasteiger charge is -2.29. The molecule has 1 aliphatic heterocycles. The average Bonchev–Trinajstić information content (AvgIpc) is 3.65. The molecule has 0 bridgehead atoms. The molecule has 11 N–H and O–H groups in total. The maximum atomic E-state index is 13.6. The minimum Gasteiger partial charge on any atom is -0.480 e. The van der Waals surface area contributed by atoms with Crippen molar-refractivity contribution in [3.05, 3.63) is 18.2 Å². The van der Waals surface area contributed by atoms with Crippen molar-refractivity contribution in [2.24, 2.45) is 28.1 Å². The zero-order valence-electron chi connectivity index (χ0n) is 24.5. The fourth-order valence-electron chi connectivity index (χ4n) is 4.69. The SMILES string of the molecule is CC(C)C[C@H](NC(=O)[C@H](CCCN=C(N)N)NC(=O)[C@@H](N)CS)C(=O)N[C@@H](Cc1cnc[nH]1)C(=O)N1CCC[C@H]1C(=O)O. The van der Waals surface area contributed by atoms with Gasteiger partial charge in [-0.3, -0.25) is 24.2 Å². The van der Waals surface area contributed by atoms with E-state index in [1.165, 1.54) is 17.4 Å². The molecule has 1 aliphatic rings. The van der Waals surface area contributed by atoms with E-state index in [0.29, 0.717) is 25.0 Å². The van der Waals surface area contributed by atoms with E-state index >= 15 is 0 Å². The number of rotatable bonds is 17. The Bertz CT molecular complexity index is 1130. The van der Waals surface area contributed by atoms with Gasteiger partial charge in [-0.05, 0) is 38.0 Å². The van der Waals surface area contributed by atoms with E-state index in [-0.39, 0.29) is 50.0 Å². The number of carbonyl (C=O) groups is 5. The van der Waals surface area contributed by atoms with Crippen molar-refractivity contribution < 1.29 is 29.1 Å². The van der Waals surface area contributed by atoms with Gasteiger partial charge in [0.05, 0.1) is 12.4 Å². The molecule has 43 heavy (non-hydrogen) atoms. The van der Waals surface area contributed by atoms with Gasteiger partial charge < -0.3 is 48.1 Å². The number of carboxylic acids is 1. The number of aliphatic imine (C=N–C) groups is 1. The summed E-state index contributed by atoms with van der Waals surface area (Å²) in [4.78, 5) is 76.8. The highest BCUT2D eigenvalue weighted by atomic mass is 32.1. The van der Waals surface area contributed by atoms with Crippen LogP contribution in [-0.4, -0.2) is 105 Å². The van der Waals surface area contributed by atoms with Gasteiger partial charge >= 0.3 is 5.97 Å². The van der Waals surface area contributed by atoms with Crippen LogP contribution in [0.2, 0.25) is 0 Å². The van der Waals surface area contributed by atoms with Crippen LogP contribution in [0.1, 0.15) is 51.6 Å². The van der Waals surface area contributed by atoms with Crippen molar-refractivity contribution in [1.82, 2.24) is 30.8 Å². The van der Waals surface area contributed by atoms with Crippen molar-refractivity contribution >= 4 is 48.2 Å². The van der Waals surface area contributed by atoms with Crippen LogP contribution in [0.25, 0.3) is 0 Å². The third-order valence-electron chi connectivity index (χ3n) is 6.87. The summed E-state index contributed by atoms with van der Waals surface area (Å²) in [6.07, 6.45) is 4.50. The molecule has 1 saturated heterocycles. The van der Waals surface area contributed by atoms with Gasteiger partial charge in [-0.15, -0.1) is 0 Å². The monoisotopic (exact) mass is 624 g/mol. The Morgan fingerprint density at radius 2 is 1.77 bits per heavy atom. The normalized spacial score (nSPS) is 17.4. The zero-order chi connectivity index (χ0) is 32.1. The van der Waals surface area contributed by atoms with Crippen LogP contribution in [0.4, 0.5) is 0 Å². The summed E-state index contributed by atoms with van der Waals surface area (Å²) >= 11 is 4.03. The van der Waals surface area contributed by atoms with Crippen LogP contribution in [0, 0.1) is 5.92 Å². The standard InChI is InChI=1S/C26H44N10O6S/c1-14(2)9-18(34-22(38)17(5-3-7-31-26(28)29)33-21(37)16(27)12-43)23(39)35-19(10-15-11-30-13-32-15)24(40)36-8-4-6-20(36)25(41)42/h11,13-14,16-20,43H,3-10,12,27H2,1-2H3,(H,30,32)(H,33,37)(H,34,38)(H,35,39)(H,41,42)(H4,28,29,31)/t16-,17-,18-,19-,20-/m0/s1. The van der Waals surface area contributed by atoms with E-state index < -0.39 is 59.8 Å². The molecule has 16 nitrogen and oxygen atoms in total. The van der Waals surface area contributed by atoms with Crippen molar-refractivity contribution in [2.75, 3.05) is 18.8 Å². The van der Waals surface area contributed by atoms with E-state index in [4.69, 9.17) is 17.2 Å². The summed E-state index contributed by atoms with van der Waals surface area (Å²) in [5.74, 6) is -3.63. The summed E-state index contributed by atoms with van der Waals surface area (Å²) in [7, 11) is 0. The molecule has 0 aliphatic carbocycles. The molecular weight excluding hydrogens is 580 g/mol. The first-order chi connectivity index (χ1) is 20.3. The molecule has 0 spiro atoms. The van der Waals surface area contributed by atoms with Crippen molar-refractivity contribution in [1.29, 1.82) is 0 Å². The van der Waals surface area contributed by atoms with Gasteiger partial charge in [0.1, 0.15) is 24.2 Å². The van der Waals surface area contributed by atoms with Crippen LogP contribution in [0.5, 0.6) is 0 Å². The van der Waals surface area contributed by atoms with Gasteiger partial charge in [0, 0.05) is 37.2 Å². The highest BCUT2D eigenvalue weighted by Crippen LogP contribution is 2.20. The molecule has 0 unspecified atom stereocenters. The van der Waals surface area contributed by atoms with Gasteiger partial charge in [-0.2, -0.15) is 12.6 Å². The Balaban J connectivity index is 2.26. The number of hydrogen-bond acceptors (Lipinski definition) is 9. The molecule has 2 heterocycles. The second-order valence-corrected chi connectivity index (χ2v) is 11.2. The Hall–Kier alpha value is -3.86. The number of H-pyrrole nitrogens is 1. The molecule has 2 rings (SSSR count). The fraction of sp³-hybridized carbons (Fsp3) is 0.654. The Labute approximate surface area is 255 Å². The Morgan fingerprint density at radius 3 is 2.35 bits per heavy atom. The number of nitrogens with zero attached hydrogens (tertiary/aromatic N) is 3. The number of nitrogens with two attached hydrogens (primary N) is 3. The number of thiol groups is 1. The van der Waals surface area contributed by atoms with Gasteiger partial charge in [-0.25, -0.2) is 9.78 Å². The molecule has 1 aromatic rings. The van der Waals surface area contributed by atoms with Gasteiger partial charge in [0.2, 0.25) is 23.6 Å². The number of aromatic amines is 1. The third-order valence-corrected chi connectivity index (χ3v) is 7.26.